The highest BCUT2D eigenvalue weighted by Gasteiger charge is 2.13. The molecule has 0 radical (unpaired) electrons. The molecule has 0 saturated heterocycles. The van der Waals surface area contributed by atoms with Gasteiger partial charge in [-0.2, -0.15) is 0 Å². The van der Waals surface area contributed by atoms with Gasteiger partial charge in [0.1, 0.15) is 12.1 Å². The highest BCUT2D eigenvalue weighted by Crippen LogP contribution is 2.15. The fourth-order valence-corrected chi connectivity index (χ4v) is 1.41. The van der Waals surface area contributed by atoms with Gasteiger partial charge in [-0.05, 0) is 18.1 Å². The molecule has 0 bridgehead atoms. The molecule has 86 valence electrons. The quantitative estimate of drug-likeness (QED) is 0.458. The van der Waals surface area contributed by atoms with E-state index in [0.717, 1.165) is 6.07 Å². The second kappa shape index (κ2) is 5.70. The van der Waals surface area contributed by atoms with E-state index in [9.17, 15) is 18.0 Å². The second-order valence-corrected chi connectivity index (χ2v) is 3.45. The third-order valence-corrected chi connectivity index (χ3v) is 2.34. The van der Waals surface area contributed by atoms with E-state index >= 15 is 0 Å². The molecule has 0 aromatic heterocycles. The van der Waals surface area contributed by atoms with Crippen LogP contribution in [0.1, 0.15) is 12.0 Å². The molecule has 1 rings (SSSR count). The summed E-state index contributed by atoms with van der Waals surface area (Å²) in [6.07, 6.45) is 1.02. The largest absolute Gasteiger partial charge is 0.359 e. The lowest BCUT2D eigenvalue weighted by Gasteiger charge is -2.14. The van der Waals surface area contributed by atoms with Gasteiger partial charge in [-0.15, -0.1) is 0 Å². The van der Waals surface area contributed by atoms with Crippen LogP contribution in [0.5, 0.6) is 0 Å². The van der Waals surface area contributed by atoms with Crippen LogP contribution < -0.4 is 5.23 Å². The Morgan fingerprint density at radius 2 is 1.88 bits per heavy atom. The maximum Gasteiger partial charge on any atom is 0.182 e. The van der Waals surface area contributed by atoms with E-state index in [4.69, 9.17) is 0 Å². The molecule has 0 spiro atoms. The molecule has 1 aromatic rings. The van der Waals surface area contributed by atoms with Crippen molar-refractivity contribution in [2.75, 3.05) is 0 Å². The SMILES string of the molecule is BN[C@@H](CC=O)Cc1cc(F)c(F)cc1F. The number of nitrogens with one attached hydrogen (secondary N) is 1. The van der Waals surface area contributed by atoms with E-state index in [1.165, 1.54) is 0 Å². The Kier molecular flexibility index (Phi) is 4.55. The van der Waals surface area contributed by atoms with E-state index < -0.39 is 17.5 Å². The number of aldehydes is 1. The number of carbonyl (C=O) groups excluding carboxylic acids is 1. The maximum absolute atomic E-state index is 13.2. The summed E-state index contributed by atoms with van der Waals surface area (Å²) in [5.41, 5.74) is 0.0556. The van der Waals surface area contributed by atoms with E-state index in [0.29, 0.717) is 12.4 Å². The fourth-order valence-electron chi connectivity index (χ4n) is 1.41. The van der Waals surface area contributed by atoms with Crippen molar-refractivity contribution in [3.05, 3.63) is 35.1 Å². The Balaban J connectivity index is 2.87. The van der Waals surface area contributed by atoms with Crippen LogP contribution in [0.2, 0.25) is 0 Å². The molecule has 6 heteroatoms. The molecule has 1 N–H and O–H groups in total. The number of hydrogen-bond acceptors (Lipinski definition) is 2. The van der Waals surface area contributed by atoms with Crippen molar-refractivity contribution >= 4 is 14.3 Å². The standard InChI is InChI=1S/C10H11BF3NO/c11-15-7(1-2-16)3-6-4-9(13)10(14)5-8(6)12/h2,4-5,7,15H,1,3,11H2/t7-/m0/s1. The molecule has 0 heterocycles. The normalized spacial score (nSPS) is 12.4. The van der Waals surface area contributed by atoms with E-state index in [1.807, 2.05) is 0 Å². The Labute approximate surface area is 92.3 Å². The summed E-state index contributed by atoms with van der Waals surface area (Å²) in [7, 11) is 1.62. The average Bonchev–Trinajstić information content (AvgIpc) is 2.25. The monoisotopic (exact) mass is 229 g/mol. The van der Waals surface area contributed by atoms with Gasteiger partial charge in [0, 0.05) is 18.5 Å². The molecule has 1 atom stereocenters. The first kappa shape index (κ1) is 12.8. The van der Waals surface area contributed by atoms with Gasteiger partial charge in [-0.3, -0.25) is 0 Å². The molecule has 1 aromatic carbocycles. The summed E-state index contributed by atoms with van der Waals surface area (Å²) in [6.45, 7) is 0. The predicted molar refractivity (Wildman–Crippen MR) is 56.2 cm³/mol. The van der Waals surface area contributed by atoms with Gasteiger partial charge < -0.3 is 10.0 Å². The molecule has 0 aliphatic heterocycles. The third-order valence-electron chi connectivity index (χ3n) is 2.34. The van der Waals surface area contributed by atoms with Crippen molar-refractivity contribution < 1.29 is 18.0 Å². The lowest BCUT2D eigenvalue weighted by atomic mass is 10.0. The first-order chi connectivity index (χ1) is 7.58. The predicted octanol–water partition coefficient (Wildman–Crippen LogP) is 0.742. The Bertz CT molecular complexity index is 387. The average molecular weight is 229 g/mol. The van der Waals surface area contributed by atoms with E-state index in [2.05, 4.69) is 5.23 Å². The van der Waals surface area contributed by atoms with Crippen molar-refractivity contribution in [2.24, 2.45) is 0 Å². The fraction of sp³-hybridized carbons (Fsp3) is 0.300. The van der Waals surface area contributed by atoms with Crippen LogP contribution in [0.25, 0.3) is 0 Å². The summed E-state index contributed by atoms with van der Waals surface area (Å²) in [5.74, 6) is -3.10. The topological polar surface area (TPSA) is 29.1 Å². The lowest BCUT2D eigenvalue weighted by molar-refractivity contribution is -0.108. The molecule has 0 saturated carbocycles. The molecule has 0 aliphatic carbocycles. The Morgan fingerprint density at radius 1 is 1.25 bits per heavy atom. The third kappa shape index (κ3) is 3.10. The minimum atomic E-state index is -1.21. The van der Waals surface area contributed by atoms with Crippen LogP contribution >= 0.6 is 0 Å². The summed E-state index contributed by atoms with van der Waals surface area (Å²) in [5, 5.41) is 2.80. The van der Waals surface area contributed by atoms with Crippen molar-refractivity contribution in [3.63, 3.8) is 0 Å². The second-order valence-electron chi connectivity index (χ2n) is 3.45. The molecule has 0 unspecified atom stereocenters. The number of carbonyl (C=O) groups is 1. The highest BCUT2D eigenvalue weighted by atomic mass is 19.2. The molecular formula is C10H11BF3NO. The summed E-state index contributed by atoms with van der Waals surface area (Å²) >= 11 is 0. The molecule has 0 fully saturated rings. The minimum absolute atomic E-state index is 0.0556. The maximum atomic E-state index is 13.2. The van der Waals surface area contributed by atoms with E-state index in [-0.39, 0.29) is 24.4 Å². The van der Waals surface area contributed by atoms with Gasteiger partial charge in [0.2, 0.25) is 0 Å². The number of benzene rings is 1. The van der Waals surface area contributed by atoms with Crippen LogP contribution in [0, 0.1) is 17.5 Å². The van der Waals surface area contributed by atoms with Crippen molar-refractivity contribution in [3.8, 4) is 0 Å². The van der Waals surface area contributed by atoms with Crippen molar-refractivity contribution in [1.29, 1.82) is 0 Å². The number of halogens is 3. The zero-order chi connectivity index (χ0) is 12.1. The van der Waals surface area contributed by atoms with Gasteiger partial charge in [0.15, 0.2) is 19.6 Å². The van der Waals surface area contributed by atoms with Crippen LogP contribution in [0.15, 0.2) is 12.1 Å². The highest BCUT2D eigenvalue weighted by molar-refractivity contribution is 6.04. The first-order valence-corrected chi connectivity index (χ1v) is 4.82. The van der Waals surface area contributed by atoms with Crippen LogP contribution in [-0.2, 0) is 11.2 Å². The van der Waals surface area contributed by atoms with Crippen molar-refractivity contribution in [1.82, 2.24) is 5.23 Å². The van der Waals surface area contributed by atoms with Gasteiger partial charge in [0.05, 0.1) is 0 Å². The lowest BCUT2D eigenvalue weighted by Crippen LogP contribution is -2.29. The smallest absolute Gasteiger partial charge is 0.182 e. The summed E-state index contributed by atoms with van der Waals surface area (Å²) in [4.78, 5) is 10.3. The van der Waals surface area contributed by atoms with Gasteiger partial charge in [-0.25, -0.2) is 13.2 Å². The van der Waals surface area contributed by atoms with Crippen molar-refractivity contribution in [2.45, 2.75) is 18.9 Å². The van der Waals surface area contributed by atoms with Gasteiger partial charge in [0.25, 0.3) is 0 Å². The number of rotatable bonds is 5. The van der Waals surface area contributed by atoms with Crippen LogP contribution in [-0.4, -0.2) is 20.3 Å². The summed E-state index contributed by atoms with van der Waals surface area (Å²) in [6, 6.07) is 1.05. The minimum Gasteiger partial charge on any atom is -0.359 e. The number of hydrogen-bond donors (Lipinski definition) is 1. The van der Waals surface area contributed by atoms with Crippen LogP contribution in [0.3, 0.4) is 0 Å². The van der Waals surface area contributed by atoms with Crippen LogP contribution in [0.4, 0.5) is 13.2 Å². The zero-order valence-electron chi connectivity index (χ0n) is 8.77. The molecule has 0 aliphatic rings. The molecular weight excluding hydrogens is 218 g/mol. The summed E-state index contributed by atoms with van der Waals surface area (Å²) < 4.78 is 38.8. The molecule has 2 nitrogen and oxygen atoms in total. The van der Waals surface area contributed by atoms with Gasteiger partial charge in [-0.1, -0.05) is 0 Å². The first-order valence-electron chi connectivity index (χ1n) is 4.82. The Hall–Kier alpha value is -1.30. The van der Waals surface area contributed by atoms with Gasteiger partial charge >= 0.3 is 0 Å². The van der Waals surface area contributed by atoms with E-state index in [1.54, 1.807) is 7.98 Å². The molecule has 0 amide bonds. The Morgan fingerprint density at radius 3 is 2.44 bits per heavy atom. The molecule has 16 heavy (non-hydrogen) atoms. The zero-order valence-corrected chi connectivity index (χ0v) is 8.77.